The second kappa shape index (κ2) is 10.3. The van der Waals surface area contributed by atoms with Crippen LogP contribution >= 0.6 is 0 Å². The largest absolute Gasteiger partial charge is 0.497 e. The predicted molar refractivity (Wildman–Crippen MR) is 114 cm³/mol. The third-order valence-electron chi connectivity index (χ3n) is 5.01. The highest BCUT2D eigenvalue weighted by Crippen LogP contribution is 2.33. The van der Waals surface area contributed by atoms with Crippen LogP contribution in [-0.2, 0) is 24.4 Å². The molecular formula is C24H27NO6. The first-order chi connectivity index (χ1) is 15.2. The number of fused-ring (bicyclic) bond motifs is 1. The highest BCUT2D eigenvalue weighted by atomic mass is 16.7. The zero-order chi connectivity index (χ0) is 21.5. The number of aliphatic hydroxyl groups excluding tert-OH is 1. The third kappa shape index (κ3) is 6.01. The SMILES string of the molecule is COc1ccc(CN(Cc2ccc3c(c2)OCO3)C[C@@H](O)COCc2ccco2)cc1. The van der Waals surface area contributed by atoms with E-state index in [0.29, 0.717) is 26.2 Å². The van der Waals surface area contributed by atoms with E-state index in [0.717, 1.165) is 34.1 Å². The fourth-order valence-corrected chi connectivity index (χ4v) is 3.51. The molecule has 4 rings (SSSR count). The molecule has 0 saturated heterocycles. The van der Waals surface area contributed by atoms with Gasteiger partial charge in [0.25, 0.3) is 0 Å². The smallest absolute Gasteiger partial charge is 0.231 e. The van der Waals surface area contributed by atoms with E-state index < -0.39 is 6.10 Å². The number of nitrogens with zero attached hydrogens (tertiary/aromatic N) is 1. The summed E-state index contributed by atoms with van der Waals surface area (Å²) in [6.45, 7) is 2.59. The van der Waals surface area contributed by atoms with Crippen LogP contribution in [0.3, 0.4) is 0 Å². The van der Waals surface area contributed by atoms with E-state index in [2.05, 4.69) is 4.90 Å². The lowest BCUT2D eigenvalue weighted by Crippen LogP contribution is -2.34. The first-order valence-corrected chi connectivity index (χ1v) is 10.2. The molecule has 3 aromatic rings. The van der Waals surface area contributed by atoms with Gasteiger partial charge >= 0.3 is 0 Å². The highest BCUT2D eigenvalue weighted by molar-refractivity contribution is 5.44. The van der Waals surface area contributed by atoms with Gasteiger partial charge in [-0.25, -0.2) is 0 Å². The Hall–Kier alpha value is -3.00. The minimum Gasteiger partial charge on any atom is -0.497 e. The fourth-order valence-electron chi connectivity index (χ4n) is 3.51. The van der Waals surface area contributed by atoms with Crippen molar-refractivity contribution in [3.8, 4) is 17.2 Å². The van der Waals surface area contributed by atoms with Crippen molar-refractivity contribution in [2.45, 2.75) is 25.8 Å². The molecule has 0 fully saturated rings. The van der Waals surface area contributed by atoms with Crippen LogP contribution in [0.25, 0.3) is 0 Å². The zero-order valence-corrected chi connectivity index (χ0v) is 17.5. The van der Waals surface area contributed by atoms with Crippen molar-refractivity contribution in [2.75, 3.05) is 27.1 Å². The van der Waals surface area contributed by atoms with Crippen LogP contribution in [0.1, 0.15) is 16.9 Å². The van der Waals surface area contributed by atoms with Crippen molar-refractivity contribution in [1.82, 2.24) is 4.90 Å². The Balaban J connectivity index is 1.39. The number of ether oxygens (including phenoxy) is 4. The topological polar surface area (TPSA) is 73.5 Å². The van der Waals surface area contributed by atoms with Gasteiger partial charge in [-0.3, -0.25) is 4.90 Å². The van der Waals surface area contributed by atoms with Crippen molar-refractivity contribution in [3.63, 3.8) is 0 Å². The number of furan rings is 1. The molecule has 7 nitrogen and oxygen atoms in total. The Morgan fingerprint density at radius 1 is 1.00 bits per heavy atom. The van der Waals surface area contributed by atoms with E-state index in [4.69, 9.17) is 23.4 Å². The second-order valence-electron chi connectivity index (χ2n) is 7.45. The molecule has 0 saturated carbocycles. The Morgan fingerprint density at radius 3 is 2.55 bits per heavy atom. The summed E-state index contributed by atoms with van der Waals surface area (Å²) < 4.78 is 27.0. The van der Waals surface area contributed by atoms with E-state index >= 15 is 0 Å². The average Bonchev–Trinajstić information content (AvgIpc) is 3.46. The van der Waals surface area contributed by atoms with Gasteiger partial charge < -0.3 is 28.5 Å². The van der Waals surface area contributed by atoms with Gasteiger partial charge in [-0.2, -0.15) is 0 Å². The fraction of sp³-hybridized carbons (Fsp3) is 0.333. The quantitative estimate of drug-likeness (QED) is 0.503. The van der Waals surface area contributed by atoms with Gasteiger partial charge in [0, 0.05) is 19.6 Å². The lowest BCUT2D eigenvalue weighted by molar-refractivity contribution is 0.00252. The Bertz CT molecular complexity index is 941. The molecule has 0 amide bonds. The molecule has 164 valence electrons. The van der Waals surface area contributed by atoms with Crippen LogP contribution in [0.4, 0.5) is 0 Å². The lowest BCUT2D eigenvalue weighted by atomic mass is 10.1. The normalized spacial score (nSPS) is 13.5. The summed E-state index contributed by atoms with van der Waals surface area (Å²) in [5.41, 5.74) is 2.21. The summed E-state index contributed by atoms with van der Waals surface area (Å²) in [7, 11) is 1.65. The van der Waals surface area contributed by atoms with Crippen molar-refractivity contribution in [2.24, 2.45) is 0 Å². The monoisotopic (exact) mass is 425 g/mol. The summed E-state index contributed by atoms with van der Waals surface area (Å²) in [6, 6.07) is 17.5. The van der Waals surface area contributed by atoms with Gasteiger partial charge in [0.15, 0.2) is 11.5 Å². The van der Waals surface area contributed by atoms with Crippen molar-refractivity contribution in [3.05, 3.63) is 77.7 Å². The summed E-state index contributed by atoms with van der Waals surface area (Å²) in [5, 5.41) is 10.6. The first-order valence-electron chi connectivity index (χ1n) is 10.2. The van der Waals surface area contributed by atoms with Crippen LogP contribution in [-0.4, -0.2) is 43.2 Å². The second-order valence-corrected chi connectivity index (χ2v) is 7.45. The van der Waals surface area contributed by atoms with E-state index in [1.165, 1.54) is 0 Å². The van der Waals surface area contributed by atoms with Crippen LogP contribution in [0.15, 0.2) is 65.3 Å². The number of methoxy groups -OCH3 is 1. The van der Waals surface area contributed by atoms with Crippen LogP contribution in [0.5, 0.6) is 17.2 Å². The summed E-state index contributed by atoms with van der Waals surface area (Å²) >= 11 is 0. The number of aliphatic hydroxyl groups is 1. The van der Waals surface area contributed by atoms with Crippen LogP contribution in [0.2, 0.25) is 0 Å². The maximum absolute atomic E-state index is 10.6. The van der Waals surface area contributed by atoms with Crippen molar-refractivity contribution in [1.29, 1.82) is 0 Å². The molecule has 2 aromatic carbocycles. The van der Waals surface area contributed by atoms with Crippen LogP contribution < -0.4 is 14.2 Å². The molecular weight excluding hydrogens is 398 g/mol. The number of rotatable bonds is 11. The van der Waals surface area contributed by atoms with E-state index in [1.807, 2.05) is 54.6 Å². The maximum Gasteiger partial charge on any atom is 0.231 e. The molecule has 0 aliphatic carbocycles. The Labute approximate surface area is 181 Å². The third-order valence-corrected chi connectivity index (χ3v) is 5.01. The van der Waals surface area contributed by atoms with Crippen molar-refractivity contribution < 1.29 is 28.5 Å². The van der Waals surface area contributed by atoms with Gasteiger partial charge in [-0.15, -0.1) is 0 Å². The Kier molecular flexibility index (Phi) is 7.09. The van der Waals surface area contributed by atoms with E-state index in [9.17, 15) is 5.11 Å². The molecule has 1 atom stereocenters. The number of hydrogen-bond acceptors (Lipinski definition) is 7. The van der Waals surface area contributed by atoms with Crippen LogP contribution in [0, 0.1) is 0 Å². The molecule has 2 heterocycles. The molecule has 1 aliphatic heterocycles. The van der Waals surface area contributed by atoms with Gasteiger partial charge in [0.05, 0.1) is 26.1 Å². The van der Waals surface area contributed by atoms with Gasteiger partial charge in [0.1, 0.15) is 18.1 Å². The zero-order valence-electron chi connectivity index (χ0n) is 17.5. The Morgan fingerprint density at radius 2 is 1.77 bits per heavy atom. The van der Waals surface area contributed by atoms with Gasteiger partial charge in [-0.05, 0) is 47.5 Å². The maximum atomic E-state index is 10.6. The molecule has 0 spiro atoms. The van der Waals surface area contributed by atoms with Gasteiger partial charge in [0.2, 0.25) is 6.79 Å². The number of hydrogen-bond donors (Lipinski definition) is 1. The standard InChI is InChI=1S/C24H27NO6/c1-27-21-7-4-18(5-8-21)12-25(13-19-6-9-23-24(11-19)31-17-30-23)14-20(26)15-28-16-22-3-2-10-29-22/h2-11,20,26H,12-17H2,1H3/t20-/m1/s1. The summed E-state index contributed by atoms with van der Waals surface area (Å²) in [5.74, 6) is 3.07. The van der Waals surface area contributed by atoms with E-state index in [-0.39, 0.29) is 13.4 Å². The summed E-state index contributed by atoms with van der Waals surface area (Å²) in [4.78, 5) is 2.18. The number of benzene rings is 2. The molecule has 0 bridgehead atoms. The highest BCUT2D eigenvalue weighted by Gasteiger charge is 2.17. The van der Waals surface area contributed by atoms with Gasteiger partial charge in [-0.1, -0.05) is 18.2 Å². The minimum absolute atomic E-state index is 0.223. The average molecular weight is 425 g/mol. The van der Waals surface area contributed by atoms with E-state index in [1.54, 1.807) is 13.4 Å². The molecule has 1 aliphatic rings. The molecule has 1 N–H and O–H groups in total. The minimum atomic E-state index is -0.637. The first kappa shape index (κ1) is 21.2. The molecule has 0 radical (unpaired) electrons. The van der Waals surface area contributed by atoms with Crippen molar-refractivity contribution >= 4 is 0 Å². The molecule has 0 unspecified atom stereocenters. The molecule has 31 heavy (non-hydrogen) atoms. The molecule has 7 heteroatoms. The predicted octanol–water partition coefficient (Wildman–Crippen LogP) is 3.60. The molecule has 1 aromatic heterocycles. The summed E-state index contributed by atoms with van der Waals surface area (Å²) in [6.07, 6.45) is 0.971. The lowest BCUT2D eigenvalue weighted by Gasteiger charge is -2.25.